The van der Waals surface area contributed by atoms with Crippen LogP contribution in [0.5, 0.6) is 0 Å². The Labute approximate surface area is 113 Å². The van der Waals surface area contributed by atoms with Crippen LogP contribution < -0.4 is 0 Å². The van der Waals surface area contributed by atoms with Gasteiger partial charge in [0.25, 0.3) is 0 Å². The third-order valence-electron chi connectivity index (χ3n) is 3.94. The Hall–Kier alpha value is -0.860. The number of ketones is 1. The molecule has 0 radical (unpaired) electrons. The fourth-order valence-electron chi connectivity index (χ4n) is 2.77. The molecule has 0 bridgehead atoms. The first-order valence-corrected chi connectivity index (χ1v) is 6.80. The van der Waals surface area contributed by atoms with E-state index in [0.717, 1.165) is 5.56 Å². The predicted molar refractivity (Wildman–Crippen MR) is 72.8 cm³/mol. The second-order valence-electron chi connectivity index (χ2n) is 5.17. The first kappa shape index (κ1) is 13.6. The molecular weight excluding hydrogens is 248 g/mol. The average Bonchev–Trinajstić information content (AvgIpc) is 2.56. The van der Waals surface area contributed by atoms with E-state index in [2.05, 4.69) is 6.92 Å². The zero-order chi connectivity index (χ0) is 13.3. The van der Waals surface area contributed by atoms with Crippen molar-refractivity contribution >= 4 is 17.4 Å². The van der Waals surface area contributed by atoms with E-state index in [4.69, 9.17) is 16.3 Å². The Morgan fingerprint density at radius 2 is 1.89 bits per heavy atom. The highest BCUT2D eigenvalue weighted by atomic mass is 35.5. The number of rotatable bonds is 3. The maximum absolute atomic E-state index is 12.4. The summed E-state index contributed by atoms with van der Waals surface area (Å²) in [4.78, 5) is 12.4. The first-order valence-electron chi connectivity index (χ1n) is 6.42. The maximum Gasteiger partial charge on any atom is 0.143 e. The van der Waals surface area contributed by atoms with Crippen molar-refractivity contribution < 1.29 is 9.53 Å². The van der Waals surface area contributed by atoms with Crippen LogP contribution in [-0.4, -0.2) is 18.0 Å². The summed E-state index contributed by atoms with van der Waals surface area (Å²) < 4.78 is 5.72. The van der Waals surface area contributed by atoms with Crippen molar-refractivity contribution in [1.82, 2.24) is 0 Å². The number of ether oxygens (including phenoxy) is 1. The van der Waals surface area contributed by atoms with Gasteiger partial charge in [0, 0.05) is 17.4 Å². The summed E-state index contributed by atoms with van der Waals surface area (Å²) >= 11 is 6.09. The van der Waals surface area contributed by atoms with Crippen LogP contribution in [0.2, 0.25) is 5.02 Å². The first-order chi connectivity index (χ1) is 8.50. The van der Waals surface area contributed by atoms with E-state index < -0.39 is 0 Å². The lowest BCUT2D eigenvalue weighted by Crippen LogP contribution is -2.28. The summed E-state index contributed by atoms with van der Waals surface area (Å²) in [5.74, 6) is 0.485. The van der Waals surface area contributed by atoms with Crippen LogP contribution in [0.3, 0.4) is 0 Å². The van der Waals surface area contributed by atoms with Crippen LogP contribution >= 0.6 is 11.6 Å². The normalized spacial score (nSPS) is 31.6. The second-order valence-corrected chi connectivity index (χ2v) is 5.57. The summed E-state index contributed by atoms with van der Waals surface area (Å²) in [6.45, 7) is 6.10. The van der Waals surface area contributed by atoms with Crippen molar-refractivity contribution in [3.05, 3.63) is 34.9 Å². The zero-order valence-electron chi connectivity index (χ0n) is 11.0. The molecule has 0 amide bonds. The second kappa shape index (κ2) is 5.41. The lowest BCUT2D eigenvalue weighted by atomic mass is 9.84. The monoisotopic (exact) mass is 266 g/mol. The van der Waals surface area contributed by atoms with Crippen LogP contribution in [0.4, 0.5) is 0 Å². The Balaban J connectivity index is 2.11. The standard InChI is InChI=1S/C15H19ClO2/c1-9-10(2)18-11(3)15(9)14(17)8-12-6-4-5-7-13(12)16/h4-7,9-11,15H,8H2,1-3H3. The molecule has 0 saturated carbocycles. The van der Waals surface area contributed by atoms with Crippen LogP contribution in [0.15, 0.2) is 24.3 Å². The van der Waals surface area contributed by atoms with Crippen LogP contribution in [-0.2, 0) is 16.0 Å². The maximum atomic E-state index is 12.4. The third-order valence-corrected chi connectivity index (χ3v) is 4.30. The molecule has 1 aliphatic heterocycles. The van der Waals surface area contributed by atoms with Gasteiger partial charge < -0.3 is 4.74 Å². The van der Waals surface area contributed by atoms with Gasteiger partial charge in [0.05, 0.1) is 12.2 Å². The molecule has 1 heterocycles. The number of benzene rings is 1. The molecule has 2 nitrogen and oxygen atoms in total. The number of Topliss-reactive ketones (excluding diaryl/α,β-unsaturated/α-hetero) is 1. The van der Waals surface area contributed by atoms with E-state index in [1.54, 1.807) is 0 Å². The molecule has 4 atom stereocenters. The van der Waals surface area contributed by atoms with Crippen LogP contribution in [0, 0.1) is 11.8 Å². The summed E-state index contributed by atoms with van der Waals surface area (Å²) in [6, 6.07) is 7.52. The van der Waals surface area contributed by atoms with Crippen LogP contribution in [0.25, 0.3) is 0 Å². The fraction of sp³-hybridized carbons (Fsp3) is 0.533. The average molecular weight is 267 g/mol. The van der Waals surface area contributed by atoms with Gasteiger partial charge in [-0.15, -0.1) is 0 Å². The van der Waals surface area contributed by atoms with Gasteiger partial charge in [0.2, 0.25) is 0 Å². The number of hydrogen-bond donors (Lipinski definition) is 0. The molecule has 2 rings (SSSR count). The smallest absolute Gasteiger partial charge is 0.143 e. The quantitative estimate of drug-likeness (QED) is 0.837. The van der Waals surface area contributed by atoms with E-state index in [1.165, 1.54) is 0 Å². The molecule has 1 aliphatic rings. The Kier molecular flexibility index (Phi) is 4.08. The summed E-state index contributed by atoms with van der Waals surface area (Å²) in [5, 5.41) is 0.665. The van der Waals surface area contributed by atoms with Crippen molar-refractivity contribution in [2.45, 2.75) is 39.4 Å². The van der Waals surface area contributed by atoms with Crippen molar-refractivity contribution in [1.29, 1.82) is 0 Å². The molecule has 0 aromatic heterocycles. The Morgan fingerprint density at radius 3 is 2.44 bits per heavy atom. The van der Waals surface area contributed by atoms with E-state index in [9.17, 15) is 4.79 Å². The minimum absolute atomic E-state index is 0.00462. The molecule has 3 heteroatoms. The van der Waals surface area contributed by atoms with Crippen molar-refractivity contribution in [3.63, 3.8) is 0 Å². The van der Waals surface area contributed by atoms with Gasteiger partial charge in [-0.05, 0) is 31.4 Å². The van der Waals surface area contributed by atoms with Gasteiger partial charge in [0.15, 0.2) is 0 Å². The minimum atomic E-state index is -0.0173. The molecule has 0 N–H and O–H groups in total. The van der Waals surface area contributed by atoms with Gasteiger partial charge in [-0.3, -0.25) is 4.79 Å². The van der Waals surface area contributed by atoms with E-state index in [1.807, 2.05) is 38.1 Å². The highest BCUT2D eigenvalue weighted by Gasteiger charge is 2.41. The Bertz CT molecular complexity index is 444. The SMILES string of the molecule is CC1OC(C)C(C(=O)Cc2ccccc2Cl)C1C. The van der Waals surface area contributed by atoms with Gasteiger partial charge in [-0.2, -0.15) is 0 Å². The molecule has 1 aromatic carbocycles. The van der Waals surface area contributed by atoms with Crippen molar-refractivity contribution in [2.24, 2.45) is 11.8 Å². The Morgan fingerprint density at radius 1 is 1.22 bits per heavy atom. The number of hydrogen-bond acceptors (Lipinski definition) is 2. The molecule has 18 heavy (non-hydrogen) atoms. The fourth-order valence-corrected chi connectivity index (χ4v) is 2.97. The third kappa shape index (κ3) is 2.60. The van der Waals surface area contributed by atoms with E-state index in [0.29, 0.717) is 11.4 Å². The molecule has 1 saturated heterocycles. The molecular formula is C15H19ClO2. The van der Waals surface area contributed by atoms with Gasteiger partial charge >= 0.3 is 0 Å². The molecule has 4 unspecified atom stereocenters. The van der Waals surface area contributed by atoms with Crippen LogP contribution in [0.1, 0.15) is 26.3 Å². The van der Waals surface area contributed by atoms with E-state index >= 15 is 0 Å². The topological polar surface area (TPSA) is 26.3 Å². The molecule has 1 aromatic rings. The number of halogens is 1. The molecule has 98 valence electrons. The largest absolute Gasteiger partial charge is 0.375 e. The molecule has 0 spiro atoms. The number of carbonyl (C=O) groups excluding carboxylic acids is 1. The van der Waals surface area contributed by atoms with E-state index in [-0.39, 0.29) is 29.8 Å². The highest BCUT2D eigenvalue weighted by molar-refractivity contribution is 6.31. The molecule has 0 aliphatic carbocycles. The van der Waals surface area contributed by atoms with Gasteiger partial charge in [-0.1, -0.05) is 36.7 Å². The summed E-state index contributed by atoms with van der Waals surface area (Å²) in [7, 11) is 0. The molecule has 1 fully saturated rings. The van der Waals surface area contributed by atoms with Gasteiger partial charge in [0.1, 0.15) is 5.78 Å². The number of carbonyl (C=O) groups is 1. The lowest BCUT2D eigenvalue weighted by molar-refractivity contribution is -0.124. The van der Waals surface area contributed by atoms with Crippen molar-refractivity contribution in [3.8, 4) is 0 Å². The summed E-state index contributed by atoms with van der Waals surface area (Å²) in [5.41, 5.74) is 0.906. The van der Waals surface area contributed by atoms with Gasteiger partial charge in [-0.25, -0.2) is 0 Å². The zero-order valence-corrected chi connectivity index (χ0v) is 11.8. The predicted octanol–water partition coefficient (Wildman–Crippen LogP) is 3.51. The minimum Gasteiger partial charge on any atom is -0.375 e. The highest BCUT2D eigenvalue weighted by Crippen LogP contribution is 2.33. The lowest BCUT2D eigenvalue weighted by Gasteiger charge is -2.17. The summed E-state index contributed by atoms with van der Waals surface area (Å²) in [6.07, 6.45) is 0.555. The van der Waals surface area contributed by atoms with Crippen molar-refractivity contribution in [2.75, 3.05) is 0 Å².